The van der Waals surface area contributed by atoms with Crippen LogP contribution in [0.3, 0.4) is 0 Å². The predicted octanol–water partition coefficient (Wildman–Crippen LogP) is 1.35. The smallest absolute Gasteiger partial charge is 0.405 e. The van der Waals surface area contributed by atoms with E-state index in [4.69, 9.17) is 9.47 Å². The van der Waals surface area contributed by atoms with Gasteiger partial charge in [0.25, 0.3) is 5.91 Å². The molecule has 1 aliphatic heterocycles. The number of nitrogens with zero attached hydrogens (tertiary/aromatic N) is 1. The largest absolute Gasteiger partial charge is 0.452 e. The Bertz CT molecular complexity index is 584. The summed E-state index contributed by atoms with van der Waals surface area (Å²) in [6.07, 6.45) is -4.50. The summed E-state index contributed by atoms with van der Waals surface area (Å²) in [5.41, 5.74) is 1.25. The van der Waals surface area contributed by atoms with Crippen LogP contribution in [0.25, 0.3) is 0 Å². The first-order chi connectivity index (χ1) is 11.8. The molecule has 0 aliphatic carbocycles. The molecule has 0 saturated carbocycles. The minimum atomic E-state index is -4.50. The van der Waals surface area contributed by atoms with E-state index in [9.17, 15) is 22.8 Å². The van der Waals surface area contributed by atoms with E-state index in [1.165, 1.54) is 0 Å². The Balaban J connectivity index is 1.76. The number of hydrogen-bond donors (Lipinski definition) is 1. The van der Waals surface area contributed by atoms with Crippen molar-refractivity contribution in [2.45, 2.75) is 12.7 Å². The fourth-order valence-corrected chi connectivity index (χ4v) is 2.23. The lowest BCUT2D eigenvalue weighted by atomic mass is 10.1. The lowest BCUT2D eigenvalue weighted by Crippen LogP contribution is -2.36. The summed E-state index contributed by atoms with van der Waals surface area (Å²) in [5.74, 6) is -1.77. The number of morpholine rings is 1. The van der Waals surface area contributed by atoms with Crippen molar-refractivity contribution in [3.8, 4) is 0 Å². The molecule has 1 saturated heterocycles. The van der Waals surface area contributed by atoms with Gasteiger partial charge in [-0.25, -0.2) is 4.79 Å². The van der Waals surface area contributed by atoms with E-state index in [0.717, 1.165) is 25.2 Å². The summed E-state index contributed by atoms with van der Waals surface area (Å²) in [5, 5.41) is 1.63. The lowest BCUT2D eigenvalue weighted by molar-refractivity contribution is -0.140. The van der Waals surface area contributed by atoms with Crippen LogP contribution in [0.1, 0.15) is 15.9 Å². The van der Waals surface area contributed by atoms with Crippen LogP contribution in [-0.4, -0.2) is 62.4 Å². The average molecular weight is 360 g/mol. The third kappa shape index (κ3) is 7.10. The van der Waals surface area contributed by atoms with Crippen molar-refractivity contribution in [3.63, 3.8) is 0 Å². The van der Waals surface area contributed by atoms with Gasteiger partial charge in [0.15, 0.2) is 6.61 Å². The summed E-state index contributed by atoms with van der Waals surface area (Å²) in [6, 6.07) is 6.67. The molecule has 1 fully saturated rings. The summed E-state index contributed by atoms with van der Waals surface area (Å²) in [4.78, 5) is 25.2. The lowest BCUT2D eigenvalue weighted by Gasteiger charge is -2.26. The van der Waals surface area contributed by atoms with Crippen LogP contribution in [0.15, 0.2) is 24.3 Å². The molecule has 0 unspecified atom stereocenters. The van der Waals surface area contributed by atoms with Crippen molar-refractivity contribution >= 4 is 11.9 Å². The van der Waals surface area contributed by atoms with Gasteiger partial charge in [-0.1, -0.05) is 12.1 Å². The van der Waals surface area contributed by atoms with E-state index in [-0.39, 0.29) is 5.56 Å². The Labute approximate surface area is 142 Å². The number of ether oxygens (including phenoxy) is 2. The minimum Gasteiger partial charge on any atom is -0.452 e. The standard InChI is InChI=1S/C16H19F3N2O4/c17-16(18,19)11-20-14(22)10-25-15(23)13-3-1-12(2-4-13)9-21-5-7-24-8-6-21/h1-4H,5-11H2,(H,20,22). The molecule has 138 valence electrons. The number of carbonyl (C=O) groups is 2. The Kier molecular flexibility index (Phi) is 6.77. The highest BCUT2D eigenvalue weighted by atomic mass is 19.4. The second kappa shape index (κ2) is 8.82. The number of hydrogen-bond acceptors (Lipinski definition) is 5. The summed E-state index contributed by atoms with van der Waals surface area (Å²) in [7, 11) is 0. The molecule has 25 heavy (non-hydrogen) atoms. The molecule has 6 nitrogen and oxygen atoms in total. The average Bonchev–Trinajstić information content (AvgIpc) is 2.59. The highest BCUT2D eigenvalue weighted by Gasteiger charge is 2.27. The Hall–Kier alpha value is -2.13. The van der Waals surface area contributed by atoms with Gasteiger partial charge in [-0.3, -0.25) is 9.69 Å². The summed E-state index contributed by atoms with van der Waals surface area (Å²) >= 11 is 0. The number of amides is 1. The van der Waals surface area contributed by atoms with E-state index in [1.807, 2.05) is 0 Å². The van der Waals surface area contributed by atoms with Gasteiger partial charge in [0.1, 0.15) is 6.54 Å². The molecular weight excluding hydrogens is 341 g/mol. The maximum Gasteiger partial charge on any atom is 0.405 e. The first-order valence-electron chi connectivity index (χ1n) is 7.73. The van der Waals surface area contributed by atoms with E-state index >= 15 is 0 Å². The zero-order chi connectivity index (χ0) is 18.3. The van der Waals surface area contributed by atoms with Crippen molar-refractivity contribution in [1.29, 1.82) is 0 Å². The van der Waals surface area contributed by atoms with Crippen LogP contribution in [0, 0.1) is 0 Å². The number of carbonyl (C=O) groups excluding carboxylic acids is 2. The highest BCUT2D eigenvalue weighted by Crippen LogP contribution is 2.12. The Morgan fingerprint density at radius 1 is 1.16 bits per heavy atom. The zero-order valence-corrected chi connectivity index (χ0v) is 13.5. The van der Waals surface area contributed by atoms with Gasteiger partial charge >= 0.3 is 12.1 Å². The molecular formula is C16H19F3N2O4. The molecule has 1 aliphatic rings. The van der Waals surface area contributed by atoms with E-state index in [0.29, 0.717) is 13.2 Å². The van der Waals surface area contributed by atoms with E-state index in [1.54, 1.807) is 29.6 Å². The third-order valence-corrected chi connectivity index (χ3v) is 3.52. The van der Waals surface area contributed by atoms with E-state index in [2.05, 4.69) is 4.90 Å². The molecule has 1 amide bonds. The highest BCUT2D eigenvalue weighted by molar-refractivity contribution is 5.91. The molecule has 2 rings (SSSR count). The van der Waals surface area contributed by atoms with Gasteiger partial charge in [0.05, 0.1) is 18.8 Å². The number of halogens is 3. The SMILES string of the molecule is O=C(COC(=O)c1ccc(CN2CCOCC2)cc1)NCC(F)(F)F. The fourth-order valence-electron chi connectivity index (χ4n) is 2.23. The van der Waals surface area contributed by atoms with Crippen LogP contribution in [0.2, 0.25) is 0 Å². The number of esters is 1. The van der Waals surface area contributed by atoms with Gasteiger partial charge in [-0.2, -0.15) is 13.2 Å². The first kappa shape index (κ1) is 19.2. The number of nitrogens with one attached hydrogen (secondary N) is 1. The van der Waals surface area contributed by atoms with Crippen molar-refractivity contribution in [2.75, 3.05) is 39.5 Å². The Morgan fingerprint density at radius 2 is 1.80 bits per heavy atom. The fraction of sp³-hybridized carbons (Fsp3) is 0.500. The molecule has 1 N–H and O–H groups in total. The quantitative estimate of drug-likeness (QED) is 0.776. The molecule has 1 aromatic rings. The third-order valence-electron chi connectivity index (χ3n) is 3.52. The maximum atomic E-state index is 12.0. The van der Waals surface area contributed by atoms with Gasteiger partial charge in [0.2, 0.25) is 0 Å². The minimum absolute atomic E-state index is 0.231. The molecule has 0 atom stereocenters. The molecule has 0 radical (unpaired) electrons. The summed E-state index contributed by atoms with van der Waals surface area (Å²) in [6.45, 7) is 1.60. The number of benzene rings is 1. The molecule has 9 heteroatoms. The van der Waals surface area contributed by atoms with Gasteiger partial charge in [-0.05, 0) is 17.7 Å². The monoisotopic (exact) mass is 360 g/mol. The molecule has 1 aromatic carbocycles. The molecule has 0 spiro atoms. The van der Waals surface area contributed by atoms with Crippen molar-refractivity contribution in [1.82, 2.24) is 10.2 Å². The van der Waals surface area contributed by atoms with Crippen molar-refractivity contribution in [2.24, 2.45) is 0 Å². The first-order valence-corrected chi connectivity index (χ1v) is 7.73. The predicted molar refractivity (Wildman–Crippen MR) is 81.9 cm³/mol. The van der Waals surface area contributed by atoms with Gasteiger partial charge in [-0.15, -0.1) is 0 Å². The normalized spacial score (nSPS) is 15.6. The second-order valence-corrected chi connectivity index (χ2v) is 5.55. The van der Waals surface area contributed by atoms with Gasteiger partial charge < -0.3 is 14.8 Å². The maximum absolute atomic E-state index is 12.0. The van der Waals surface area contributed by atoms with Crippen LogP contribution in [0.4, 0.5) is 13.2 Å². The molecule has 1 heterocycles. The second-order valence-electron chi connectivity index (χ2n) is 5.55. The Morgan fingerprint density at radius 3 is 2.40 bits per heavy atom. The van der Waals surface area contributed by atoms with Crippen LogP contribution >= 0.6 is 0 Å². The van der Waals surface area contributed by atoms with Crippen LogP contribution < -0.4 is 5.32 Å². The van der Waals surface area contributed by atoms with Crippen molar-refractivity contribution in [3.05, 3.63) is 35.4 Å². The van der Waals surface area contributed by atoms with E-state index < -0.39 is 31.2 Å². The zero-order valence-electron chi connectivity index (χ0n) is 13.5. The molecule has 0 aromatic heterocycles. The van der Waals surface area contributed by atoms with Gasteiger partial charge in [0, 0.05) is 19.6 Å². The number of alkyl halides is 3. The van der Waals surface area contributed by atoms with Crippen LogP contribution in [-0.2, 0) is 20.8 Å². The summed E-state index contributed by atoms with van der Waals surface area (Å²) < 4.78 is 45.8. The number of rotatable bonds is 6. The topological polar surface area (TPSA) is 67.9 Å². The molecule has 0 bridgehead atoms. The van der Waals surface area contributed by atoms with Crippen LogP contribution in [0.5, 0.6) is 0 Å². The van der Waals surface area contributed by atoms with Crippen molar-refractivity contribution < 1.29 is 32.2 Å².